The summed E-state index contributed by atoms with van der Waals surface area (Å²) in [5.74, 6) is 0.147. The van der Waals surface area contributed by atoms with Crippen LogP contribution in [-0.4, -0.2) is 30.2 Å². The molecule has 1 rings (SSSR count). The number of sulfone groups is 1. The van der Waals surface area contributed by atoms with Gasteiger partial charge in [0.05, 0.1) is 12.3 Å². The number of nitrogens with zero attached hydrogens (tertiary/aromatic N) is 2. The second-order valence-corrected chi connectivity index (χ2v) is 4.66. The number of aromatic nitrogens is 2. The van der Waals surface area contributed by atoms with Gasteiger partial charge >= 0.3 is 0 Å². The molecule has 0 unspecified atom stereocenters. The van der Waals surface area contributed by atoms with Gasteiger partial charge in [0, 0.05) is 18.6 Å². The first-order valence-electron chi connectivity index (χ1n) is 3.23. The lowest BCUT2D eigenvalue weighted by molar-refractivity contribution is 0.586. The van der Waals surface area contributed by atoms with Gasteiger partial charge < -0.3 is 0 Å². The highest BCUT2D eigenvalue weighted by Gasteiger charge is 2.01. The fraction of sp³-hybridized carbons (Fsp3) is 0.500. The molecule has 5 heteroatoms. The molecule has 0 radical (unpaired) electrons. The van der Waals surface area contributed by atoms with Gasteiger partial charge in [-0.1, -0.05) is 0 Å². The molecule has 0 aliphatic heterocycles. The molecular weight excluding hydrogens is 164 g/mol. The van der Waals surface area contributed by atoms with Crippen molar-refractivity contribution in [3.05, 3.63) is 18.5 Å². The summed E-state index contributed by atoms with van der Waals surface area (Å²) in [6, 6.07) is 1.77. The van der Waals surface area contributed by atoms with Crippen molar-refractivity contribution < 1.29 is 8.42 Å². The van der Waals surface area contributed by atoms with Gasteiger partial charge in [-0.25, -0.2) is 8.42 Å². The highest BCUT2D eigenvalue weighted by Crippen LogP contribution is 1.88. The molecule has 1 heterocycles. The first kappa shape index (κ1) is 8.26. The minimum absolute atomic E-state index is 0.147. The van der Waals surface area contributed by atoms with E-state index in [0.717, 1.165) is 0 Å². The largest absolute Gasteiger partial charge is 0.272 e. The highest BCUT2D eigenvalue weighted by molar-refractivity contribution is 7.90. The summed E-state index contributed by atoms with van der Waals surface area (Å²) in [4.78, 5) is 0. The average molecular weight is 174 g/mol. The molecule has 4 nitrogen and oxygen atoms in total. The normalized spacial score (nSPS) is 11.7. The van der Waals surface area contributed by atoms with Crippen LogP contribution in [0, 0.1) is 0 Å². The van der Waals surface area contributed by atoms with E-state index in [4.69, 9.17) is 0 Å². The quantitative estimate of drug-likeness (QED) is 0.644. The third-order valence-electron chi connectivity index (χ3n) is 1.25. The summed E-state index contributed by atoms with van der Waals surface area (Å²) in [5.41, 5.74) is 0. The van der Waals surface area contributed by atoms with Crippen LogP contribution in [0.3, 0.4) is 0 Å². The van der Waals surface area contributed by atoms with E-state index in [1.807, 2.05) is 0 Å². The second-order valence-electron chi connectivity index (χ2n) is 2.40. The summed E-state index contributed by atoms with van der Waals surface area (Å²) in [7, 11) is -2.86. The lowest BCUT2D eigenvalue weighted by Crippen LogP contribution is -2.11. The maximum Gasteiger partial charge on any atom is 0.149 e. The van der Waals surface area contributed by atoms with E-state index in [1.54, 1.807) is 23.1 Å². The van der Waals surface area contributed by atoms with Crippen LogP contribution in [0.25, 0.3) is 0 Å². The lowest BCUT2D eigenvalue weighted by Gasteiger charge is -1.97. The fourth-order valence-electron chi connectivity index (χ4n) is 0.692. The third-order valence-corrected chi connectivity index (χ3v) is 2.17. The van der Waals surface area contributed by atoms with Crippen molar-refractivity contribution >= 4 is 9.84 Å². The summed E-state index contributed by atoms with van der Waals surface area (Å²) in [6.45, 7) is 0.436. The Morgan fingerprint density at radius 2 is 2.27 bits per heavy atom. The van der Waals surface area contributed by atoms with Crippen LogP contribution in [0.15, 0.2) is 18.5 Å². The van der Waals surface area contributed by atoms with E-state index in [-0.39, 0.29) is 5.75 Å². The summed E-state index contributed by atoms with van der Waals surface area (Å²) < 4.78 is 23.0. The van der Waals surface area contributed by atoms with Crippen molar-refractivity contribution in [2.75, 3.05) is 12.0 Å². The molecule has 11 heavy (non-hydrogen) atoms. The Balaban J connectivity index is 2.48. The van der Waals surface area contributed by atoms with Gasteiger partial charge in [0.2, 0.25) is 0 Å². The zero-order valence-corrected chi connectivity index (χ0v) is 7.08. The molecule has 0 aromatic carbocycles. The highest BCUT2D eigenvalue weighted by atomic mass is 32.2. The minimum Gasteiger partial charge on any atom is -0.272 e. The maximum absolute atomic E-state index is 10.7. The lowest BCUT2D eigenvalue weighted by atomic mass is 10.7. The Morgan fingerprint density at radius 1 is 1.55 bits per heavy atom. The minimum atomic E-state index is -2.86. The standard InChI is InChI=1S/C6H10N2O2S/c1-11(9,10)6-5-8-4-2-3-7-8/h2-4H,5-6H2,1H3. The molecule has 0 N–H and O–H groups in total. The van der Waals surface area contributed by atoms with Gasteiger partial charge in [-0.05, 0) is 6.07 Å². The van der Waals surface area contributed by atoms with Crippen molar-refractivity contribution in [2.24, 2.45) is 0 Å². The van der Waals surface area contributed by atoms with E-state index >= 15 is 0 Å². The molecule has 0 fully saturated rings. The zero-order valence-electron chi connectivity index (χ0n) is 6.27. The average Bonchev–Trinajstić information content (AvgIpc) is 2.32. The molecule has 0 atom stereocenters. The van der Waals surface area contributed by atoms with Crippen molar-refractivity contribution in [2.45, 2.75) is 6.54 Å². The van der Waals surface area contributed by atoms with Gasteiger partial charge in [0.15, 0.2) is 0 Å². The molecule has 0 spiro atoms. The maximum atomic E-state index is 10.7. The van der Waals surface area contributed by atoms with Crippen LogP contribution >= 0.6 is 0 Å². The third kappa shape index (κ3) is 3.18. The van der Waals surface area contributed by atoms with Crippen molar-refractivity contribution in [1.82, 2.24) is 9.78 Å². The predicted molar refractivity (Wildman–Crippen MR) is 41.9 cm³/mol. The molecule has 0 aliphatic rings. The van der Waals surface area contributed by atoms with Crippen LogP contribution in [-0.2, 0) is 16.4 Å². The molecule has 62 valence electrons. The Labute approximate surface area is 65.8 Å². The van der Waals surface area contributed by atoms with Gasteiger partial charge in [-0.15, -0.1) is 0 Å². The predicted octanol–water partition coefficient (Wildman–Crippen LogP) is -0.0723. The Morgan fingerprint density at radius 3 is 2.73 bits per heavy atom. The van der Waals surface area contributed by atoms with Gasteiger partial charge in [-0.2, -0.15) is 5.10 Å². The Hall–Kier alpha value is -0.840. The molecule has 0 saturated carbocycles. The Bertz CT molecular complexity index is 301. The SMILES string of the molecule is CS(=O)(=O)CCn1cccn1. The van der Waals surface area contributed by atoms with Crippen LogP contribution in [0.1, 0.15) is 0 Å². The van der Waals surface area contributed by atoms with E-state index in [9.17, 15) is 8.42 Å². The molecule has 1 aromatic rings. The van der Waals surface area contributed by atoms with Crippen LogP contribution in [0.2, 0.25) is 0 Å². The summed E-state index contributed by atoms with van der Waals surface area (Å²) in [5, 5.41) is 3.87. The van der Waals surface area contributed by atoms with Gasteiger partial charge in [0.25, 0.3) is 0 Å². The molecule has 0 amide bonds. The second kappa shape index (κ2) is 3.04. The zero-order chi connectivity index (χ0) is 8.32. The van der Waals surface area contributed by atoms with E-state index in [2.05, 4.69) is 5.10 Å². The Kier molecular flexibility index (Phi) is 2.28. The number of rotatable bonds is 3. The van der Waals surface area contributed by atoms with E-state index in [0.29, 0.717) is 6.54 Å². The van der Waals surface area contributed by atoms with Gasteiger partial charge in [0.1, 0.15) is 9.84 Å². The topological polar surface area (TPSA) is 52.0 Å². The van der Waals surface area contributed by atoms with Crippen molar-refractivity contribution in [3.8, 4) is 0 Å². The molecular formula is C6H10N2O2S. The van der Waals surface area contributed by atoms with E-state index < -0.39 is 9.84 Å². The van der Waals surface area contributed by atoms with Crippen molar-refractivity contribution in [1.29, 1.82) is 0 Å². The first-order valence-corrected chi connectivity index (χ1v) is 5.29. The molecule has 0 saturated heterocycles. The number of hydrogen-bond donors (Lipinski definition) is 0. The molecule has 0 aliphatic carbocycles. The van der Waals surface area contributed by atoms with Crippen molar-refractivity contribution in [3.63, 3.8) is 0 Å². The van der Waals surface area contributed by atoms with Crippen LogP contribution in [0.4, 0.5) is 0 Å². The molecule has 1 aromatic heterocycles. The smallest absolute Gasteiger partial charge is 0.149 e. The van der Waals surface area contributed by atoms with E-state index in [1.165, 1.54) is 6.26 Å². The van der Waals surface area contributed by atoms with Gasteiger partial charge in [-0.3, -0.25) is 4.68 Å². The van der Waals surface area contributed by atoms with Crippen LogP contribution in [0.5, 0.6) is 0 Å². The fourth-order valence-corrected chi connectivity index (χ4v) is 1.21. The summed E-state index contributed by atoms with van der Waals surface area (Å²) >= 11 is 0. The molecule has 0 bridgehead atoms. The first-order chi connectivity index (χ1) is 5.08. The summed E-state index contributed by atoms with van der Waals surface area (Å²) in [6.07, 6.45) is 4.59. The number of aryl methyl sites for hydroxylation is 1. The monoisotopic (exact) mass is 174 g/mol. The number of hydrogen-bond acceptors (Lipinski definition) is 3. The van der Waals surface area contributed by atoms with Crippen LogP contribution < -0.4 is 0 Å².